The molecule has 0 saturated carbocycles. The van der Waals surface area contributed by atoms with E-state index in [1.54, 1.807) is 65.5 Å². The lowest BCUT2D eigenvalue weighted by molar-refractivity contribution is -0.684. The van der Waals surface area contributed by atoms with Crippen LogP contribution >= 0.6 is 0 Å². The molecule has 0 radical (unpaired) electrons. The first-order chi connectivity index (χ1) is 18.0. The number of rotatable bonds is 9. The largest absolute Gasteiger partial charge is 1.00 e. The second kappa shape index (κ2) is 13.7. The van der Waals surface area contributed by atoms with Crippen LogP contribution in [0.25, 0.3) is 0 Å². The van der Waals surface area contributed by atoms with Crippen LogP contribution in [-0.4, -0.2) is 24.3 Å². The summed E-state index contributed by atoms with van der Waals surface area (Å²) in [6, 6.07) is 27.7. The zero-order chi connectivity index (χ0) is 26.0. The predicted molar refractivity (Wildman–Crippen MR) is 143 cm³/mol. The van der Waals surface area contributed by atoms with Gasteiger partial charge in [-0.2, -0.15) is 4.57 Å². The number of nitrogens with one attached hydrogen (secondary N) is 3. The monoisotopic (exact) mass is 528 g/mol. The summed E-state index contributed by atoms with van der Waals surface area (Å²) >= 11 is 0. The molecule has 0 aliphatic rings. The van der Waals surface area contributed by atoms with E-state index in [9.17, 15) is 14.4 Å². The first-order valence-electron chi connectivity index (χ1n) is 12.1. The van der Waals surface area contributed by atoms with Crippen molar-refractivity contribution < 1.29 is 31.4 Å². The van der Waals surface area contributed by atoms with Gasteiger partial charge in [0, 0.05) is 29.5 Å². The standard InChI is InChI=1S/C30H28N4O3.ClH/c1-22-12-14-24(15-13-22)30(37)33-27-11-5-10-26(19-27)32-28(35)21-34-18-6-9-25(20-34)29(36)31-17-16-23-7-3-2-4-8-23;/h2-15,18-20H,16-17,21H2,1H3,(H2-,31,32,33,35,36,37);1H. The molecule has 194 valence electrons. The minimum absolute atomic E-state index is 0. The van der Waals surface area contributed by atoms with Crippen LogP contribution in [0, 0.1) is 6.92 Å². The van der Waals surface area contributed by atoms with Gasteiger partial charge in [-0.05, 0) is 55.3 Å². The maximum Gasteiger partial charge on any atom is 0.290 e. The minimum Gasteiger partial charge on any atom is -1.00 e. The summed E-state index contributed by atoms with van der Waals surface area (Å²) < 4.78 is 1.66. The Morgan fingerprint density at radius 1 is 0.737 bits per heavy atom. The number of anilines is 2. The summed E-state index contributed by atoms with van der Waals surface area (Å²) in [7, 11) is 0. The van der Waals surface area contributed by atoms with Crippen molar-refractivity contribution in [1.29, 1.82) is 0 Å². The quantitative estimate of drug-likeness (QED) is 0.285. The highest BCUT2D eigenvalue weighted by Gasteiger charge is 2.14. The van der Waals surface area contributed by atoms with Crippen molar-refractivity contribution >= 4 is 29.1 Å². The summed E-state index contributed by atoms with van der Waals surface area (Å²) in [5.41, 5.74) is 4.40. The minimum atomic E-state index is -0.256. The van der Waals surface area contributed by atoms with Gasteiger partial charge in [-0.15, -0.1) is 0 Å². The van der Waals surface area contributed by atoms with Crippen LogP contribution in [0.5, 0.6) is 0 Å². The van der Waals surface area contributed by atoms with Crippen LogP contribution < -0.4 is 32.9 Å². The molecule has 0 spiro atoms. The van der Waals surface area contributed by atoms with Crippen LogP contribution in [0.4, 0.5) is 11.4 Å². The number of hydrogen-bond acceptors (Lipinski definition) is 3. The van der Waals surface area contributed by atoms with Crippen molar-refractivity contribution in [3.05, 3.63) is 126 Å². The van der Waals surface area contributed by atoms with Crippen LogP contribution in [0.3, 0.4) is 0 Å². The van der Waals surface area contributed by atoms with Gasteiger partial charge in [0.2, 0.25) is 6.54 Å². The Balaban J connectivity index is 0.00000400. The van der Waals surface area contributed by atoms with Crippen LogP contribution in [-0.2, 0) is 17.8 Å². The van der Waals surface area contributed by atoms with E-state index < -0.39 is 0 Å². The maximum absolute atomic E-state index is 12.7. The van der Waals surface area contributed by atoms with Gasteiger partial charge in [-0.25, -0.2) is 0 Å². The van der Waals surface area contributed by atoms with Crippen molar-refractivity contribution in [3.8, 4) is 0 Å². The van der Waals surface area contributed by atoms with Gasteiger partial charge >= 0.3 is 0 Å². The molecule has 0 unspecified atom stereocenters. The first-order valence-corrected chi connectivity index (χ1v) is 12.1. The summed E-state index contributed by atoms with van der Waals surface area (Å²) in [6.45, 7) is 2.52. The number of aromatic nitrogens is 1. The number of amides is 3. The Kier molecular flexibility index (Phi) is 10.1. The molecule has 38 heavy (non-hydrogen) atoms. The van der Waals surface area contributed by atoms with Gasteiger partial charge in [-0.1, -0.05) is 54.1 Å². The average molecular weight is 529 g/mol. The summed E-state index contributed by atoms with van der Waals surface area (Å²) in [4.78, 5) is 37.7. The van der Waals surface area contributed by atoms with E-state index in [0.29, 0.717) is 29.0 Å². The highest BCUT2D eigenvalue weighted by Crippen LogP contribution is 2.16. The van der Waals surface area contributed by atoms with E-state index in [-0.39, 0.29) is 36.7 Å². The molecule has 0 bridgehead atoms. The van der Waals surface area contributed by atoms with Gasteiger partial charge in [0.05, 0.1) is 0 Å². The summed E-state index contributed by atoms with van der Waals surface area (Å²) in [6.07, 6.45) is 4.13. The second-order valence-electron chi connectivity index (χ2n) is 8.71. The van der Waals surface area contributed by atoms with E-state index in [1.807, 2.05) is 49.4 Å². The number of carbonyl (C=O) groups excluding carboxylic acids is 3. The third-order valence-corrected chi connectivity index (χ3v) is 5.71. The topological polar surface area (TPSA) is 91.2 Å². The molecule has 7 nitrogen and oxygen atoms in total. The molecule has 4 rings (SSSR count). The molecular weight excluding hydrogens is 500 g/mol. The molecule has 0 aliphatic carbocycles. The lowest BCUT2D eigenvalue weighted by Gasteiger charge is -2.09. The molecule has 1 aromatic heterocycles. The lowest BCUT2D eigenvalue weighted by atomic mass is 10.1. The number of benzene rings is 3. The average Bonchev–Trinajstić information content (AvgIpc) is 2.90. The van der Waals surface area contributed by atoms with Crippen molar-refractivity contribution in [2.75, 3.05) is 17.2 Å². The number of carbonyl (C=O) groups is 3. The van der Waals surface area contributed by atoms with Gasteiger partial charge in [0.25, 0.3) is 17.7 Å². The molecular formula is C30H29ClN4O3. The van der Waals surface area contributed by atoms with E-state index in [4.69, 9.17) is 0 Å². The molecule has 0 aliphatic heterocycles. The zero-order valence-electron chi connectivity index (χ0n) is 21.0. The van der Waals surface area contributed by atoms with Gasteiger partial charge in [-0.3, -0.25) is 14.4 Å². The number of hydrogen-bond donors (Lipinski definition) is 3. The van der Waals surface area contributed by atoms with Gasteiger partial charge in [0.15, 0.2) is 12.4 Å². The van der Waals surface area contributed by atoms with Crippen molar-refractivity contribution in [2.45, 2.75) is 19.9 Å². The van der Waals surface area contributed by atoms with Crippen molar-refractivity contribution in [3.63, 3.8) is 0 Å². The fourth-order valence-corrected chi connectivity index (χ4v) is 3.77. The maximum atomic E-state index is 12.7. The SMILES string of the molecule is Cc1ccc(C(=O)Nc2cccc(NC(=O)C[n+]3cccc(C(=O)NCCc4ccccc4)c3)c2)cc1.[Cl-]. The van der Waals surface area contributed by atoms with Crippen molar-refractivity contribution in [2.24, 2.45) is 0 Å². The van der Waals surface area contributed by atoms with Crippen molar-refractivity contribution in [1.82, 2.24) is 5.32 Å². The van der Waals surface area contributed by atoms with E-state index in [2.05, 4.69) is 16.0 Å². The fourth-order valence-electron chi connectivity index (χ4n) is 3.77. The molecule has 3 amide bonds. The molecule has 8 heteroatoms. The van der Waals surface area contributed by atoms with E-state index in [0.717, 1.165) is 17.5 Å². The zero-order valence-corrected chi connectivity index (χ0v) is 21.7. The summed E-state index contributed by atoms with van der Waals surface area (Å²) in [5, 5.41) is 8.61. The number of nitrogens with zero attached hydrogens (tertiary/aromatic N) is 1. The second-order valence-corrected chi connectivity index (χ2v) is 8.71. The summed E-state index contributed by atoms with van der Waals surface area (Å²) in [5.74, 6) is -0.672. The first kappa shape index (κ1) is 28.1. The Morgan fingerprint density at radius 2 is 1.45 bits per heavy atom. The fraction of sp³-hybridized carbons (Fsp3) is 0.133. The van der Waals surface area contributed by atoms with Gasteiger partial charge < -0.3 is 28.4 Å². The van der Waals surface area contributed by atoms with Gasteiger partial charge in [0.1, 0.15) is 5.56 Å². The molecule has 3 aromatic carbocycles. The number of aryl methyl sites for hydroxylation is 1. The Labute approximate surface area is 228 Å². The molecule has 4 aromatic rings. The molecule has 0 fully saturated rings. The normalized spacial score (nSPS) is 10.1. The third-order valence-electron chi connectivity index (χ3n) is 5.71. The molecule has 3 N–H and O–H groups in total. The van der Waals surface area contributed by atoms with E-state index >= 15 is 0 Å². The highest BCUT2D eigenvalue weighted by molar-refractivity contribution is 6.04. The third kappa shape index (κ3) is 8.28. The van der Waals surface area contributed by atoms with Crippen LogP contribution in [0.2, 0.25) is 0 Å². The Morgan fingerprint density at radius 3 is 2.18 bits per heavy atom. The lowest BCUT2D eigenvalue weighted by Crippen LogP contribution is -3.00. The highest BCUT2D eigenvalue weighted by atomic mass is 35.5. The number of pyridine rings is 1. The molecule has 1 heterocycles. The smallest absolute Gasteiger partial charge is 0.290 e. The Bertz CT molecular complexity index is 1390. The molecule has 0 atom stereocenters. The Hall–Kier alpha value is -4.49. The van der Waals surface area contributed by atoms with Crippen LogP contribution in [0.1, 0.15) is 31.8 Å². The molecule has 0 saturated heterocycles. The van der Waals surface area contributed by atoms with E-state index in [1.165, 1.54) is 0 Å². The number of halogens is 1. The van der Waals surface area contributed by atoms with Crippen LogP contribution in [0.15, 0.2) is 103 Å². The predicted octanol–water partition coefficient (Wildman–Crippen LogP) is 1.15.